The summed E-state index contributed by atoms with van der Waals surface area (Å²) in [6, 6.07) is 3.25. The van der Waals surface area contributed by atoms with Crippen LogP contribution in [0.5, 0.6) is 0 Å². The van der Waals surface area contributed by atoms with Gasteiger partial charge in [-0.3, -0.25) is 0 Å². The Labute approximate surface area is 126 Å². The molecule has 0 saturated heterocycles. The molecule has 0 fully saturated rings. The maximum Gasteiger partial charge on any atom is 0.149 e. The topological polar surface area (TPSA) is 24.9 Å². The van der Waals surface area contributed by atoms with Crippen molar-refractivity contribution in [3.63, 3.8) is 0 Å². The van der Waals surface area contributed by atoms with Crippen LogP contribution in [-0.4, -0.2) is 11.5 Å². The van der Waals surface area contributed by atoms with E-state index in [4.69, 9.17) is 0 Å². The van der Waals surface area contributed by atoms with Crippen LogP contribution in [0.25, 0.3) is 10.9 Å². The molecule has 1 aromatic carbocycles. The van der Waals surface area contributed by atoms with E-state index in [9.17, 15) is 4.39 Å². The molecule has 0 radical (unpaired) electrons. The molecule has 3 rings (SSSR count). The summed E-state index contributed by atoms with van der Waals surface area (Å²) in [7, 11) is 0. The highest BCUT2D eigenvalue weighted by Crippen LogP contribution is 2.37. The molecule has 0 aliphatic heterocycles. The average Bonchev–Trinajstić information content (AvgIpc) is 2.68. The minimum absolute atomic E-state index is 0.241. The number of rotatable bonds is 2. The maximum atomic E-state index is 14.1. The van der Waals surface area contributed by atoms with Gasteiger partial charge in [-0.1, -0.05) is 22.4 Å². The number of anilines is 1. The summed E-state index contributed by atoms with van der Waals surface area (Å²) < 4.78 is 15.1. The fourth-order valence-electron chi connectivity index (χ4n) is 3.00. The molecule has 2 aromatic rings. The molecule has 4 heteroatoms. The highest BCUT2D eigenvalue weighted by Gasteiger charge is 2.20. The zero-order valence-corrected chi connectivity index (χ0v) is 13.2. The predicted molar refractivity (Wildman–Crippen MR) is 84.8 cm³/mol. The first-order valence-corrected chi connectivity index (χ1v) is 8.05. The molecule has 106 valence electrons. The zero-order chi connectivity index (χ0) is 14.1. The second-order valence-corrected chi connectivity index (χ2v) is 6.11. The van der Waals surface area contributed by atoms with Gasteiger partial charge in [0.05, 0.1) is 0 Å². The van der Waals surface area contributed by atoms with E-state index in [0.29, 0.717) is 5.52 Å². The van der Waals surface area contributed by atoms with Gasteiger partial charge in [0.2, 0.25) is 0 Å². The van der Waals surface area contributed by atoms with Crippen LogP contribution in [0.15, 0.2) is 16.6 Å². The summed E-state index contributed by atoms with van der Waals surface area (Å²) in [6.07, 6.45) is 5.54. The Kier molecular flexibility index (Phi) is 3.92. The summed E-state index contributed by atoms with van der Waals surface area (Å²) >= 11 is 3.55. The third-order valence-electron chi connectivity index (χ3n) is 3.92. The molecule has 0 unspecified atom stereocenters. The Balaban J connectivity index is 2.36. The highest BCUT2D eigenvalue weighted by atomic mass is 79.9. The quantitative estimate of drug-likeness (QED) is 0.794. The molecule has 0 spiro atoms. The molecular formula is C16H18BrFN2. The number of halogens is 2. The number of hydrogen-bond acceptors (Lipinski definition) is 2. The van der Waals surface area contributed by atoms with Crippen molar-refractivity contribution in [3.05, 3.63) is 33.7 Å². The Bertz CT molecular complexity index is 655. The summed E-state index contributed by atoms with van der Waals surface area (Å²) in [5, 5.41) is 4.32. The van der Waals surface area contributed by atoms with E-state index >= 15 is 0 Å². The normalized spacial score (nSPS) is 14.9. The monoisotopic (exact) mass is 336 g/mol. The fourth-order valence-corrected chi connectivity index (χ4v) is 3.52. The van der Waals surface area contributed by atoms with E-state index in [0.717, 1.165) is 47.0 Å². The van der Waals surface area contributed by atoms with Crippen molar-refractivity contribution >= 4 is 32.5 Å². The molecule has 1 N–H and O–H groups in total. The minimum atomic E-state index is -0.241. The van der Waals surface area contributed by atoms with Gasteiger partial charge in [-0.05, 0) is 50.3 Å². The standard InChI is InChI=1S/C16H18BrFN2/c1-2-19-15-10-6-4-3-5-7-13(10)20-16-12(18)9-8-11(17)14(15)16/h8-9H,2-7H2,1H3,(H,19,20). The molecule has 0 saturated carbocycles. The van der Waals surface area contributed by atoms with E-state index in [1.54, 1.807) is 6.07 Å². The van der Waals surface area contributed by atoms with Crippen LogP contribution in [0.3, 0.4) is 0 Å². The third-order valence-corrected chi connectivity index (χ3v) is 4.58. The van der Waals surface area contributed by atoms with Crippen molar-refractivity contribution in [3.8, 4) is 0 Å². The van der Waals surface area contributed by atoms with Crippen LogP contribution in [0.1, 0.15) is 37.4 Å². The maximum absolute atomic E-state index is 14.1. The number of aryl methyl sites for hydroxylation is 1. The minimum Gasteiger partial charge on any atom is -0.384 e. The van der Waals surface area contributed by atoms with Crippen molar-refractivity contribution in [2.24, 2.45) is 0 Å². The van der Waals surface area contributed by atoms with Crippen molar-refractivity contribution in [1.82, 2.24) is 4.98 Å². The number of hydrogen-bond donors (Lipinski definition) is 1. The number of aromatic nitrogens is 1. The lowest BCUT2D eigenvalue weighted by Crippen LogP contribution is -2.07. The Morgan fingerprint density at radius 3 is 2.85 bits per heavy atom. The first kappa shape index (κ1) is 13.8. The van der Waals surface area contributed by atoms with Gasteiger partial charge < -0.3 is 5.32 Å². The van der Waals surface area contributed by atoms with Gasteiger partial charge in [0.15, 0.2) is 0 Å². The SMILES string of the molecule is CCNc1c2c(nc3c(F)ccc(Br)c13)CCCCC2. The molecule has 1 aliphatic rings. The highest BCUT2D eigenvalue weighted by molar-refractivity contribution is 9.10. The summed E-state index contributed by atoms with van der Waals surface area (Å²) in [5.41, 5.74) is 3.91. The number of pyridine rings is 1. The van der Waals surface area contributed by atoms with E-state index in [1.165, 1.54) is 24.5 Å². The van der Waals surface area contributed by atoms with Gasteiger partial charge in [-0.25, -0.2) is 9.37 Å². The molecule has 0 bridgehead atoms. The van der Waals surface area contributed by atoms with Crippen molar-refractivity contribution in [1.29, 1.82) is 0 Å². The molecule has 2 nitrogen and oxygen atoms in total. The van der Waals surface area contributed by atoms with Gasteiger partial charge >= 0.3 is 0 Å². The third kappa shape index (κ3) is 2.30. The Morgan fingerprint density at radius 1 is 1.25 bits per heavy atom. The van der Waals surface area contributed by atoms with Crippen LogP contribution in [0, 0.1) is 5.82 Å². The first-order valence-electron chi connectivity index (χ1n) is 7.25. The first-order chi connectivity index (χ1) is 9.72. The van der Waals surface area contributed by atoms with Crippen molar-refractivity contribution in [2.45, 2.75) is 39.0 Å². The Morgan fingerprint density at radius 2 is 2.05 bits per heavy atom. The van der Waals surface area contributed by atoms with Crippen LogP contribution < -0.4 is 5.32 Å². The van der Waals surface area contributed by atoms with Crippen LogP contribution >= 0.6 is 15.9 Å². The smallest absolute Gasteiger partial charge is 0.149 e. The molecule has 1 aliphatic carbocycles. The number of nitrogens with zero attached hydrogens (tertiary/aromatic N) is 1. The lowest BCUT2D eigenvalue weighted by atomic mass is 10.0. The zero-order valence-electron chi connectivity index (χ0n) is 11.6. The predicted octanol–water partition coefficient (Wildman–Crippen LogP) is 4.84. The second kappa shape index (κ2) is 5.68. The van der Waals surface area contributed by atoms with E-state index in [1.807, 2.05) is 0 Å². The van der Waals surface area contributed by atoms with Gasteiger partial charge in [0.1, 0.15) is 11.3 Å². The molecule has 1 heterocycles. The average molecular weight is 337 g/mol. The lowest BCUT2D eigenvalue weighted by Gasteiger charge is -2.17. The summed E-state index contributed by atoms with van der Waals surface area (Å²) in [6.45, 7) is 2.90. The van der Waals surface area contributed by atoms with E-state index in [-0.39, 0.29) is 5.82 Å². The molecule has 20 heavy (non-hydrogen) atoms. The molecule has 0 amide bonds. The van der Waals surface area contributed by atoms with Gasteiger partial charge in [-0.2, -0.15) is 0 Å². The lowest BCUT2D eigenvalue weighted by molar-refractivity contribution is 0.635. The van der Waals surface area contributed by atoms with Crippen LogP contribution in [-0.2, 0) is 12.8 Å². The van der Waals surface area contributed by atoms with Gasteiger partial charge in [0.25, 0.3) is 0 Å². The van der Waals surface area contributed by atoms with Crippen molar-refractivity contribution in [2.75, 3.05) is 11.9 Å². The molecular weight excluding hydrogens is 319 g/mol. The van der Waals surface area contributed by atoms with Gasteiger partial charge in [-0.15, -0.1) is 0 Å². The number of benzene rings is 1. The van der Waals surface area contributed by atoms with E-state index < -0.39 is 0 Å². The van der Waals surface area contributed by atoms with Crippen LogP contribution in [0.4, 0.5) is 10.1 Å². The summed E-state index contributed by atoms with van der Waals surface area (Å²) in [4.78, 5) is 4.63. The molecule has 1 aromatic heterocycles. The Hall–Kier alpha value is -1.16. The second-order valence-electron chi connectivity index (χ2n) is 5.26. The fraction of sp³-hybridized carbons (Fsp3) is 0.438. The number of nitrogens with one attached hydrogen (secondary N) is 1. The molecule has 0 atom stereocenters. The van der Waals surface area contributed by atoms with Crippen molar-refractivity contribution < 1.29 is 4.39 Å². The van der Waals surface area contributed by atoms with E-state index in [2.05, 4.69) is 33.2 Å². The largest absolute Gasteiger partial charge is 0.384 e. The summed E-state index contributed by atoms with van der Waals surface area (Å²) in [5.74, 6) is -0.241. The number of fused-ring (bicyclic) bond motifs is 2. The van der Waals surface area contributed by atoms with Crippen LogP contribution in [0.2, 0.25) is 0 Å². The van der Waals surface area contributed by atoms with Gasteiger partial charge in [0, 0.05) is 27.8 Å².